The van der Waals surface area contributed by atoms with E-state index in [4.69, 9.17) is 14.2 Å². The third-order valence-electron chi connectivity index (χ3n) is 3.49. The van der Waals surface area contributed by atoms with E-state index in [1.54, 1.807) is 13.3 Å². The van der Waals surface area contributed by atoms with Gasteiger partial charge in [0, 0.05) is 29.8 Å². The van der Waals surface area contributed by atoms with E-state index in [1.807, 2.05) is 32.0 Å². The molecule has 0 aliphatic carbocycles. The number of amides is 1. The van der Waals surface area contributed by atoms with Gasteiger partial charge in [-0.2, -0.15) is 0 Å². The zero-order valence-electron chi connectivity index (χ0n) is 15.1. The van der Waals surface area contributed by atoms with Crippen molar-refractivity contribution >= 4 is 21.8 Å². The molecule has 0 saturated carbocycles. The van der Waals surface area contributed by atoms with Crippen molar-refractivity contribution in [3.05, 3.63) is 40.1 Å². The highest BCUT2D eigenvalue weighted by Crippen LogP contribution is 2.22. The second-order valence-electron chi connectivity index (χ2n) is 5.30. The Balaban J connectivity index is 1.96. The van der Waals surface area contributed by atoms with Gasteiger partial charge in [-0.15, -0.1) is 5.10 Å². The molecule has 1 aromatic heterocycles. The van der Waals surface area contributed by atoms with Crippen LogP contribution in [0, 0.1) is 0 Å². The van der Waals surface area contributed by atoms with Crippen molar-refractivity contribution in [2.45, 2.75) is 33.2 Å². The van der Waals surface area contributed by atoms with Gasteiger partial charge in [0.15, 0.2) is 12.0 Å². The van der Waals surface area contributed by atoms with Crippen molar-refractivity contribution in [1.29, 1.82) is 0 Å². The van der Waals surface area contributed by atoms with Gasteiger partial charge >= 0.3 is 0 Å². The molecular formula is C17H23BrN4O4. The summed E-state index contributed by atoms with van der Waals surface area (Å²) in [6.07, 6.45) is 1.15. The van der Waals surface area contributed by atoms with Gasteiger partial charge in [0.25, 0.3) is 5.91 Å². The summed E-state index contributed by atoms with van der Waals surface area (Å²) in [6.45, 7) is 5.52. The Hall–Kier alpha value is -1.97. The largest absolute Gasteiger partial charge is 0.496 e. The Bertz CT molecular complexity index is 717. The number of nitrogens with one attached hydrogen (secondary N) is 1. The first-order valence-electron chi connectivity index (χ1n) is 8.31. The standard InChI is InChI=1S/C17H23BrN4O4/c1-4-25-16(26-5-2)11-22-10-14(20-21-22)17(23)19-9-12-8-13(18)6-7-15(12)24-3/h6-8,10,16H,4-5,9,11H2,1-3H3,(H,19,23). The Morgan fingerprint density at radius 2 is 2.04 bits per heavy atom. The van der Waals surface area contributed by atoms with Crippen LogP contribution in [0.2, 0.25) is 0 Å². The summed E-state index contributed by atoms with van der Waals surface area (Å²) in [7, 11) is 1.59. The first-order chi connectivity index (χ1) is 12.6. The van der Waals surface area contributed by atoms with E-state index in [2.05, 4.69) is 31.6 Å². The van der Waals surface area contributed by atoms with E-state index >= 15 is 0 Å². The average molecular weight is 427 g/mol. The maximum absolute atomic E-state index is 12.3. The molecule has 0 atom stereocenters. The number of rotatable bonds is 10. The Labute approximate surface area is 160 Å². The first-order valence-corrected chi connectivity index (χ1v) is 9.10. The number of carbonyl (C=O) groups is 1. The third kappa shape index (κ3) is 5.79. The topological polar surface area (TPSA) is 87.5 Å². The lowest BCUT2D eigenvalue weighted by Crippen LogP contribution is -2.24. The second-order valence-corrected chi connectivity index (χ2v) is 6.22. The monoisotopic (exact) mass is 426 g/mol. The van der Waals surface area contributed by atoms with Crippen molar-refractivity contribution < 1.29 is 19.0 Å². The number of halogens is 1. The molecule has 2 rings (SSSR count). The van der Waals surface area contributed by atoms with Gasteiger partial charge in [-0.25, -0.2) is 4.68 Å². The van der Waals surface area contributed by atoms with Crippen LogP contribution in [0.5, 0.6) is 5.75 Å². The molecule has 0 bridgehead atoms. The van der Waals surface area contributed by atoms with Crippen LogP contribution in [0.4, 0.5) is 0 Å². The fourth-order valence-corrected chi connectivity index (χ4v) is 2.73. The Morgan fingerprint density at radius 3 is 2.69 bits per heavy atom. The van der Waals surface area contributed by atoms with Gasteiger partial charge in [0.05, 0.1) is 19.9 Å². The lowest BCUT2D eigenvalue weighted by atomic mass is 10.2. The molecule has 0 aliphatic heterocycles. The Kier molecular flexibility index (Phi) is 8.02. The lowest BCUT2D eigenvalue weighted by molar-refractivity contribution is -0.145. The fraction of sp³-hybridized carbons (Fsp3) is 0.471. The number of nitrogens with zero attached hydrogens (tertiary/aromatic N) is 3. The zero-order valence-corrected chi connectivity index (χ0v) is 16.7. The van der Waals surface area contributed by atoms with Gasteiger partial charge in [0.2, 0.25) is 0 Å². The number of benzene rings is 1. The van der Waals surface area contributed by atoms with Crippen LogP contribution < -0.4 is 10.1 Å². The lowest BCUT2D eigenvalue weighted by Gasteiger charge is -2.16. The molecule has 0 fully saturated rings. The maximum atomic E-state index is 12.3. The summed E-state index contributed by atoms with van der Waals surface area (Å²) < 4.78 is 18.7. The van der Waals surface area contributed by atoms with Gasteiger partial charge in [0.1, 0.15) is 5.75 Å². The maximum Gasteiger partial charge on any atom is 0.273 e. The van der Waals surface area contributed by atoms with Crippen LogP contribution >= 0.6 is 15.9 Å². The van der Waals surface area contributed by atoms with Gasteiger partial charge in [-0.1, -0.05) is 21.1 Å². The molecule has 1 aromatic carbocycles. The van der Waals surface area contributed by atoms with Gasteiger partial charge in [-0.05, 0) is 32.0 Å². The minimum Gasteiger partial charge on any atom is -0.496 e. The highest BCUT2D eigenvalue weighted by Gasteiger charge is 2.15. The number of aromatic nitrogens is 3. The highest BCUT2D eigenvalue weighted by atomic mass is 79.9. The van der Waals surface area contributed by atoms with Crippen LogP contribution in [0.15, 0.2) is 28.9 Å². The number of ether oxygens (including phenoxy) is 3. The van der Waals surface area contributed by atoms with E-state index in [0.717, 1.165) is 10.0 Å². The predicted octanol–water partition coefficient (Wildman–Crippen LogP) is 2.38. The summed E-state index contributed by atoms with van der Waals surface area (Å²) in [6, 6.07) is 5.61. The molecule has 0 unspecified atom stereocenters. The molecule has 1 N–H and O–H groups in total. The molecule has 26 heavy (non-hydrogen) atoms. The normalized spacial score (nSPS) is 11.0. The van der Waals surface area contributed by atoms with Crippen molar-refractivity contribution in [3.8, 4) is 5.75 Å². The van der Waals surface area contributed by atoms with E-state index in [-0.39, 0.29) is 11.6 Å². The summed E-state index contributed by atoms with van der Waals surface area (Å²) in [5.74, 6) is 0.385. The molecule has 9 heteroatoms. The summed E-state index contributed by atoms with van der Waals surface area (Å²) >= 11 is 3.41. The molecule has 0 saturated heterocycles. The number of hydrogen-bond donors (Lipinski definition) is 1. The molecule has 0 spiro atoms. The van der Waals surface area contributed by atoms with E-state index < -0.39 is 6.29 Å². The van der Waals surface area contributed by atoms with Crippen LogP contribution in [0.1, 0.15) is 29.9 Å². The molecule has 1 heterocycles. The molecule has 142 valence electrons. The van der Waals surface area contributed by atoms with Crippen LogP contribution in [-0.2, 0) is 22.6 Å². The minimum atomic E-state index is -0.423. The van der Waals surface area contributed by atoms with Crippen molar-refractivity contribution in [1.82, 2.24) is 20.3 Å². The van der Waals surface area contributed by atoms with Gasteiger partial charge < -0.3 is 19.5 Å². The van der Waals surface area contributed by atoms with E-state index in [9.17, 15) is 4.79 Å². The van der Waals surface area contributed by atoms with Crippen LogP contribution in [0.25, 0.3) is 0 Å². The zero-order chi connectivity index (χ0) is 18.9. The number of hydrogen-bond acceptors (Lipinski definition) is 6. The van der Waals surface area contributed by atoms with Crippen molar-refractivity contribution in [2.24, 2.45) is 0 Å². The second kappa shape index (κ2) is 10.2. The average Bonchev–Trinajstić information content (AvgIpc) is 3.09. The fourth-order valence-electron chi connectivity index (χ4n) is 2.32. The van der Waals surface area contributed by atoms with Crippen molar-refractivity contribution in [2.75, 3.05) is 20.3 Å². The predicted molar refractivity (Wildman–Crippen MR) is 98.9 cm³/mol. The van der Waals surface area contributed by atoms with Crippen LogP contribution in [0.3, 0.4) is 0 Å². The first kappa shape index (κ1) is 20.3. The quantitative estimate of drug-likeness (QED) is 0.586. The van der Waals surface area contributed by atoms with Crippen LogP contribution in [-0.4, -0.2) is 47.5 Å². The van der Waals surface area contributed by atoms with E-state index in [1.165, 1.54) is 4.68 Å². The van der Waals surface area contributed by atoms with Gasteiger partial charge in [-0.3, -0.25) is 4.79 Å². The minimum absolute atomic E-state index is 0.228. The molecule has 0 aliphatic rings. The molecule has 1 amide bonds. The molecular weight excluding hydrogens is 404 g/mol. The number of carbonyl (C=O) groups excluding carboxylic acids is 1. The van der Waals surface area contributed by atoms with E-state index in [0.29, 0.717) is 32.1 Å². The third-order valence-corrected chi connectivity index (χ3v) is 3.99. The molecule has 0 radical (unpaired) electrons. The highest BCUT2D eigenvalue weighted by molar-refractivity contribution is 9.10. The molecule has 8 nitrogen and oxygen atoms in total. The summed E-state index contributed by atoms with van der Waals surface area (Å²) in [4.78, 5) is 12.3. The van der Waals surface area contributed by atoms with Crippen molar-refractivity contribution in [3.63, 3.8) is 0 Å². The Morgan fingerprint density at radius 1 is 1.31 bits per heavy atom. The summed E-state index contributed by atoms with van der Waals surface area (Å²) in [5.41, 5.74) is 1.08. The number of methoxy groups -OCH3 is 1. The SMILES string of the molecule is CCOC(Cn1cc(C(=O)NCc2cc(Br)ccc2OC)nn1)OCC. The summed E-state index contributed by atoms with van der Waals surface area (Å²) in [5, 5.41) is 10.7. The molecule has 2 aromatic rings. The smallest absolute Gasteiger partial charge is 0.273 e.